The first kappa shape index (κ1) is 11.3. The second kappa shape index (κ2) is 4.67. The maximum Gasteiger partial charge on any atom is 0.242 e. The van der Waals surface area contributed by atoms with Crippen LogP contribution in [0.25, 0.3) is 0 Å². The van der Waals surface area contributed by atoms with Gasteiger partial charge in [0.25, 0.3) is 0 Å². The minimum absolute atomic E-state index is 0.211. The number of amides is 1. The van der Waals surface area contributed by atoms with E-state index in [0.717, 1.165) is 11.3 Å². The van der Waals surface area contributed by atoms with Crippen LogP contribution in [0, 0.1) is 6.92 Å². The van der Waals surface area contributed by atoms with Gasteiger partial charge < -0.3 is 5.32 Å². The van der Waals surface area contributed by atoms with Crippen LogP contribution in [0.2, 0.25) is 5.02 Å². The molecule has 0 aliphatic carbocycles. The number of hydrogen-bond acceptors (Lipinski definition) is 1. The second-order valence-corrected chi connectivity index (χ2v) is 4.16. The fourth-order valence-electron chi connectivity index (χ4n) is 1.000. The normalized spacial score (nSPS) is 12.3. The molecule has 0 saturated carbocycles. The summed E-state index contributed by atoms with van der Waals surface area (Å²) in [6.45, 7) is 3.50. The van der Waals surface area contributed by atoms with E-state index >= 15 is 0 Å². The van der Waals surface area contributed by atoms with Gasteiger partial charge in [-0.3, -0.25) is 4.79 Å². The number of hydrogen-bond donors (Lipinski definition) is 1. The fraction of sp³-hybridized carbons (Fsp3) is 0.300. The highest BCUT2D eigenvalue weighted by Gasteiger charge is 2.10. The summed E-state index contributed by atoms with van der Waals surface area (Å²) in [5.41, 5.74) is 1.66. The Hall–Kier alpha value is -0.730. The molecule has 0 spiro atoms. The van der Waals surface area contributed by atoms with Crippen LogP contribution < -0.4 is 5.32 Å². The Bertz CT molecular complexity index is 350. The van der Waals surface area contributed by atoms with Crippen LogP contribution in [0.15, 0.2) is 18.2 Å². The minimum Gasteiger partial charge on any atom is -0.325 e. The van der Waals surface area contributed by atoms with Crippen LogP contribution in [0.1, 0.15) is 12.5 Å². The average molecular weight is 232 g/mol. The van der Waals surface area contributed by atoms with Gasteiger partial charge in [0.15, 0.2) is 0 Å². The average Bonchev–Trinajstić information content (AvgIpc) is 2.09. The van der Waals surface area contributed by atoms with Crippen LogP contribution in [0.5, 0.6) is 0 Å². The third kappa shape index (κ3) is 2.89. The van der Waals surface area contributed by atoms with E-state index in [1.807, 2.05) is 6.92 Å². The number of carbonyl (C=O) groups is 1. The Kier molecular flexibility index (Phi) is 3.78. The standard InChI is InChI=1S/C10H11Cl2NO/c1-6-5-8(12)3-4-9(6)13-10(14)7(2)11/h3-5,7H,1-2H3,(H,13,14)/t7-/m0/s1. The molecule has 1 amide bonds. The van der Waals surface area contributed by atoms with E-state index < -0.39 is 5.38 Å². The summed E-state index contributed by atoms with van der Waals surface area (Å²) < 4.78 is 0. The van der Waals surface area contributed by atoms with Gasteiger partial charge in [-0.15, -0.1) is 11.6 Å². The Morgan fingerprint density at radius 2 is 2.14 bits per heavy atom. The smallest absolute Gasteiger partial charge is 0.242 e. The number of rotatable bonds is 2. The lowest BCUT2D eigenvalue weighted by Crippen LogP contribution is -2.20. The molecule has 0 aliphatic heterocycles. The van der Waals surface area contributed by atoms with E-state index in [4.69, 9.17) is 23.2 Å². The van der Waals surface area contributed by atoms with E-state index in [9.17, 15) is 4.79 Å². The van der Waals surface area contributed by atoms with Crippen molar-refractivity contribution in [2.45, 2.75) is 19.2 Å². The lowest BCUT2D eigenvalue weighted by molar-refractivity contribution is -0.115. The number of benzene rings is 1. The summed E-state index contributed by atoms with van der Waals surface area (Å²) in [7, 11) is 0. The molecule has 0 aliphatic rings. The van der Waals surface area contributed by atoms with Crippen LogP contribution in [0.3, 0.4) is 0 Å². The molecular weight excluding hydrogens is 221 g/mol. The number of alkyl halides is 1. The monoisotopic (exact) mass is 231 g/mol. The van der Waals surface area contributed by atoms with Gasteiger partial charge in [0.1, 0.15) is 5.38 Å². The quantitative estimate of drug-likeness (QED) is 0.779. The van der Waals surface area contributed by atoms with Crippen molar-refractivity contribution in [3.05, 3.63) is 28.8 Å². The zero-order chi connectivity index (χ0) is 10.7. The summed E-state index contributed by atoms with van der Waals surface area (Å²) in [5.74, 6) is -0.211. The first-order valence-corrected chi connectivity index (χ1v) is 5.03. The Morgan fingerprint density at radius 1 is 1.50 bits per heavy atom. The van der Waals surface area contributed by atoms with E-state index in [-0.39, 0.29) is 5.91 Å². The lowest BCUT2D eigenvalue weighted by atomic mass is 10.2. The zero-order valence-corrected chi connectivity index (χ0v) is 9.49. The second-order valence-electron chi connectivity index (χ2n) is 3.06. The summed E-state index contributed by atoms with van der Waals surface area (Å²) in [5, 5.41) is 2.82. The van der Waals surface area contributed by atoms with Crippen molar-refractivity contribution in [3.63, 3.8) is 0 Å². The first-order valence-electron chi connectivity index (χ1n) is 4.22. The third-order valence-electron chi connectivity index (χ3n) is 1.81. The SMILES string of the molecule is Cc1cc(Cl)ccc1NC(=O)[C@H](C)Cl. The lowest BCUT2D eigenvalue weighted by Gasteiger charge is -2.09. The van der Waals surface area contributed by atoms with Gasteiger partial charge in [-0.2, -0.15) is 0 Å². The van der Waals surface area contributed by atoms with E-state index in [2.05, 4.69) is 5.32 Å². The van der Waals surface area contributed by atoms with Gasteiger partial charge in [0, 0.05) is 10.7 Å². The summed E-state index contributed by atoms with van der Waals surface area (Å²) in [6, 6.07) is 5.27. The van der Waals surface area contributed by atoms with Crippen molar-refractivity contribution in [2.75, 3.05) is 5.32 Å². The molecule has 0 unspecified atom stereocenters. The van der Waals surface area contributed by atoms with Crippen molar-refractivity contribution < 1.29 is 4.79 Å². The van der Waals surface area contributed by atoms with Gasteiger partial charge >= 0.3 is 0 Å². The molecule has 0 radical (unpaired) electrons. The molecule has 0 aromatic heterocycles. The molecule has 76 valence electrons. The van der Waals surface area contributed by atoms with E-state index in [1.165, 1.54) is 0 Å². The summed E-state index contributed by atoms with van der Waals surface area (Å²) >= 11 is 11.4. The molecule has 1 aromatic rings. The maximum atomic E-state index is 11.3. The number of anilines is 1. The van der Waals surface area contributed by atoms with Crippen molar-refractivity contribution in [2.24, 2.45) is 0 Å². The van der Waals surface area contributed by atoms with Crippen molar-refractivity contribution in [3.8, 4) is 0 Å². The molecule has 0 heterocycles. The minimum atomic E-state index is -0.537. The highest BCUT2D eigenvalue weighted by atomic mass is 35.5. The maximum absolute atomic E-state index is 11.3. The molecule has 0 fully saturated rings. The summed E-state index contributed by atoms with van der Waals surface area (Å²) in [6.07, 6.45) is 0. The number of nitrogens with one attached hydrogen (secondary N) is 1. The van der Waals surface area contributed by atoms with Crippen LogP contribution in [0.4, 0.5) is 5.69 Å². The zero-order valence-electron chi connectivity index (χ0n) is 7.97. The molecule has 0 bridgehead atoms. The summed E-state index contributed by atoms with van der Waals surface area (Å²) in [4.78, 5) is 11.3. The van der Waals surface area contributed by atoms with E-state index in [1.54, 1.807) is 25.1 Å². The first-order chi connectivity index (χ1) is 6.50. The number of carbonyl (C=O) groups excluding carboxylic acids is 1. The van der Waals surface area contributed by atoms with Gasteiger partial charge in [0.05, 0.1) is 0 Å². The van der Waals surface area contributed by atoms with Crippen LogP contribution in [-0.2, 0) is 4.79 Å². The van der Waals surface area contributed by atoms with Gasteiger partial charge in [-0.1, -0.05) is 11.6 Å². The van der Waals surface area contributed by atoms with Crippen molar-refractivity contribution in [1.82, 2.24) is 0 Å². The highest BCUT2D eigenvalue weighted by molar-refractivity contribution is 6.32. The number of halogens is 2. The largest absolute Gasteiger partial charge is 0.325 e. The van der Waals surface area contributed by atoms with Crippen LogP contribution >= 0.6 is 23.2 Å². The van der Waals surface area contributed by atoms with Crippen molar-refractivity contribution >= 4 is 34.8 Å². The highest BCUT2D eigenvalue weighted by Crippen LogP contribution is 2.19. The third-order valence-corrected chi connectivity index (χ3v) is 2.24. The molecule has 4 heteroatoms. The molecule has 1 aromatic carbocycles. The van der Waals surface area contributed by atoms with E-state index in [0.29, 0.717) is 5.02 Å². The molecular formula is C10H11Cl2NO. The molecule has 0 saturated heterocycles. The topological polar surface area (TPSA) is 29.1 Å². The Balaban J connectivity index is 2.82. The Morgan fingerprint density at radius 3 is 2.64 bits per heavy atom. The molecule has 14 heavy (non-hydrogen) atoms. The predicted octanol–water partition coefficient (Wildman–Crippen LogP) is 3.21. The molecule has 2 nitrogen and oxygen atoms in total. The molecule has 1 rings (SSSR count). The fourth-order valence-corrected chi connectivity index (χ4v) is 1.28. The molecule has 1 atom stereocenters. The molecule has 1 N–H and O–H groups in total. The van der Waals surface area contributed by atoms with Gasteiger partial charge in [0.2, 0.25) is 5.91 Å². The van der Waals surface area contributed by atoms with Crippen molar-refractivity contribution in [1.29, 1.82) is 0 Å². The predicted molar refractivity (Wildman–Crippen MR) is 60.1 cm³/mol. The van der Waals surface area contributed by atoms with Crippen LogP contribution in [-0.4, -0.2) is 11.3 Å². The van der Waals surface area contributed by atoms with Gasteiger partial charge in [-0.05, 0) is 37.6 Å². The van der Waals surface area contributed by atoms with Gasteiger partial charge in [-0.25, -0.2) is 0 Å². The Labute approximate surface area is 93.2 Å². The number of aryl methyl sites for hydroxylation is 1.